The molecule has 3 rings (SSSR count). The zero-order chi connectivity index (χ0) is 12.8. The van der Waals surface area contributed by atoms with E-state index in [-0.39, 0.29) is 0 Å². The summed E-state index contributed by atoms with van der Waals surface area (Å²) in [5.74, 6) is 3.37. The SMILES string of the molecule is CC1CCC(c2noc(C(C)(N)C3CC3)n2)CC1. The number of nitrogens with two attached hydrogens (primary N) is 1. The molecule has 0 aliphatic heterocycles. The van der Waals surface area contributed by atoms with E-state index in [0.29, 0.717) is 17.7 Å². The van der Waals surface area contributed by atoms with Crippen molar-refractivity contribution in [2.45, 2.75) is 63.8 Å². The van der Waals surface area contributed by atoms with Crippen LogP contribution >= 0.6 is 0 Å². The maximum absolute atomic E-state index is 6.31. The van der Waals surface area contributed by atoms with Gasteiger partial charge in [-0.1, -0.05) is 24.9 Å². The summed E-state index contributed by atoms with van der Waals surface area (Å²) in [6.45, 7) is 4.34. The number of aromatic nitrogens is 2. The molecule has 4 heteroatoms. The molecule has 1 atom stereocenters. The fraction of sp³-hybridized carbons (Fsp3) is 0.857. The second-order valence-electron chi connectivity index (χ2n) is 6.47. The van der Waals surface area contributed by atoms with E-state index in [1.807, 2.05) is 6.92 Å². The maximum atomic E-state index is 6.31. The molecule has 100 valence electrons. The fourth-order valence-electron chi connectivity index (χ4n) is 3.00. The summed E-state index contributed by atoms with van der Waals surface area (Å²) in [6, 6.07) is 0. The Morgan fingerprint density at radius 2 is 1.83 bits per heavy atom. The molecule has 0 bridgehead atoms. The zero-order valence-corrected chi connectivity index (χ0v) is 11.4. The van der Waals surface area contributed by atoms with Gasteiger partial charge in [0.25, 0.3) is 0 Å². The second kappa shape index (κ2) is 4.34. The number of nitrogens with zero attached hydrogens (tertiary/aromatic N) is 2. The van der Waals surface area contributed by atoms with Gasteiger partial charge in [-0.25, -0.2) is 0 Å². The minimum absolute atomic E-state index is 0.423. The molecule has 1 heterocycles. The van der Waals surface area contributed by atoms with E-state index in [4.69, 9.17) is 10.3 Å². The van der Waals surface area contributed by atoms with Gasteiger partial charge in [0, 0.05) is 5.92 Å². The van der Waals surface area contributed by atoms with Crippen LogP contribution in [-0.2, 0) is 5.54 Å². The van der Waals surface area contributed by atoms with E-state index in [9.17, 15) is 0 Å². The lowest BCUT2D eigenvalue weighted by Gasteiger charge is -2.23. The highest BCUT2D eigenvalue weighted by atomic mass is 16.5. The van der Waals surface area contributed by atoms with Crippen LogP contribution in [0.2, 0.25) is 0 Å². The van der Waals surface area contributed by atoms with Gasteiger partial charge in [0.05, 0.1) is 5.54 Å². The van der Waals surface area contributed by atoms with E-state index >= 15 is 0 Å². The molecule has 1 aromatic rings. The lowest BCUT2D eigenvalue weighted by molar-refractivity contribution is 0.269. The summed E-state index contributed by atoms with van der Waals surface area (Å²) in [7, 11) is 0. The topological polar surface area (TPSA) is 64.9 Å². The van der Waals surface area contributed by atoms with Crippen LogP contribution in [0.3, 0.4) is 0 Å². The van der Waals surface area contributed by atoms with Gasteiger partial charge in [-0.3, -0.25) is 0 Å². The third-order valence-corrected chi connectivity index (χ3v) is 4.71. The number of hydrogen-bond acceptors (Lipinski definition) is 4. The van der Waals surface area contributed by atoms with E-state index in [0.717, 1.165) is 11.7 Å². The van der Waals surface area contributed by atoms with Crippen LogP contribution in [0.15, 0.2) is 4.52 Å². The first-order chi connectivity index (χ1) is 8.57. The predicted octanol–water partition coefficient (Wildman–Crippen LogP) is 2.95. The van der Waals surface area contributed by atoms with E-state index in [2.05, 4.69) is 17.1 Å². The molecule has 18 heavy (non-hydrogen) atoms. The Morgan fingerprint density at radius 1 is 1.17 bits per heavy atom. The Labute approximate surface area is 108 Å². The van der Waals surface area contributed by atoms with Crippen LogP contribution in [0.5, 0.6) is 0 Å². The van der Waals surface area contributed by atoms with E-state index in [1.165, 1.54) is 38.5 Å². The van der Waals surface area contributed by atoms with Crippen LogP contribution in [0, 0.1) is 11.8 Å². The Bertz CT molecular complexity index is 414. The van der Waals surface area contributed by atoms with Gasteiger partial charge in [-0.05, 0) is 44.4 Å². The molecule has 0 spiro atoms. The highest BCUT2D eigenvalue weighted by molar-refractivity contribution is 5.09. The minimum Gasteiger partial charge on any atom is -0.337 e. The first kappa shape index (κ1) is 12.2. The van der Waals surface area contributed by atoms with Crippen molar-refractivity contribution in [2.24, 2.45) is 17.6 Å². The molecule has 4 nitrogen and oxygen atoms in total. The summed E-state index contributed by atoms with van der Waals surface area (Å²) in [4.78, 5) is 4.59. The first-order valence-electron chi connectivity index (χ1n) is 7.20. The van der Waals surface area contributed by atoms with Crippen LogP contribution < -0.4 is 5.73 Å². The summed E-state index contributed by atoms with van der Waals surface area (Å²) >= 11 is 0. The van der Waals surface area contributed by atoms with Gasteiger partial charge >= 0.3 is 0 Å². The maximum Gasteiger partial charge on any atom is 0.246 e. The largest absolute Gasteiger partial charge is 0.337 e. The van der Waals surface area contributed by atoms with Crippen molar-refractivity contribution in [3.8, 4) is 0 Å². The normalized spacial score (nSPS) is 32.2. The van der Waals surface area contributed by atoms with Gasteiger partial charge in [-0.15, -0.1) is 0 Å². The third-order valence-electron chi connectivity index (χ3n) is 4.71. The van der Waals surface area contributed by atoms with Gasteiger partial charge in [0.15, 0.2) is 5.82 Å². The molecule has 2 saturated carbocycles. The molecule has 2 aliphatic rings. The molecule has 2 aliphatic carbocycles. The third kappa shape index (κ3) is 2.18. The quantitative estimate of drug-likeness (QED) is 0.894. The zero-order valence-electron chi connectivity index (χ0n) is 11.4. The molecular weight excluding hydrogens is 226 g/mol. The number of rotatable bonds is 3. The molecular formula is C14H23N3O. The first-order valence-corrected chi connectivity index (χ1v) is 7.20. The van der Waals surface area contributed by atoms with Crippen LogP contribution in [0.25, 0.3) is 0 Å². The molecule has 0 amide bonds. The molecule has 1 unspecified atom stereocenters. The smallest absolute Gasteiger partial charge is 0.246 e. The van der Waals surface area contributed by atoms with Crippen LogP contribution in [0.4, 0.5) is 0 Å². The Kier molecular flexibility index (Phi) is 2.93. The van der Waals surface area contributed by atoms with Crippen molar-refractivity contribution in [1.82, 2.24) is 10.1 Å². The monoisotopic (exact) mass is 249 g/mol. The van der Waals surface area contributed by atoms with Gasteiger partial charge in [0.2, 0.25) is 5.89 Å². The average Bonchev–Trinajstić information content (AvgIpc) is 3.09. The van der Waals surface area contributed by atoms with Gasteiger partial charge in [0.1, 0.15) is 0 Å². The lowest BCUT2D eigenvalue weighted by Crippen LogP contribution is -2.35. The van der Waals surface area contributed by atoms with Crippen molar-refractivity contribution < 1.29 is 4.52 Å². The van der Waals surface area contributed by atoms with Crippen molar-refractivity contribution in [3.05, 3.63) is 11.7 Å². The highest BCUT2D eigenvalue weighted by Gasteiger charge is 2.44. The number of hydrogen-bond donors (Lipinski definition) is 1. The summed E-state index contributed by atoms with van der Waals surface area (Å²) in [5, 5.41) is 4.18. The predicted molar refractivity (Wildman–Crippen MR) is 68.9 cm³/mol. The Morgan fingerprint density at radius 3 is 2.44 bits per heavy atom. The van der Waals surface area contributed by atoms with Crippen LogP contribution in [0.1, 0.15) is 70.0 Å². The fourth-order valence-corrected chi connectivity index (χ4v) is 3.00. The Hall–Kier alpha value is -0.900. The average molecular weight is 249 g/mol. The summed E-state index contributed by atoms with van der Waals surface area (Å²) in [6.07, 6.45) is 7.29. The van der Waals surface area contributed by atoms with Gasteiger partial charge in [-0.2, -0.15) is 4.98 Å². The second-order valence-corrected chi connectivity index (χ2v) is 6.47. The molecule has 0 saturated heterocycles. The molecule has 1 aromatic heterocycles. The van der Waals surface area contributed by atoms with Crippen molar-refractivity contribution in [1.29, 1.82) is 0 Å². The summed E-state index contributed by atoms with van der Waals surface area (Å²) < 4.78 is 5.42. The van der Waals surface area contributed by atoms with Crippen molar-refractivity contribution >= 4 is 0 Å². The highest BCUT2D eigenvalue weighted by Crippen LogP contribution is 2.43. The van der Waals surface area contributed by atoms with E-state index in [1.54, 1.807) is 0 Å². The van der Waals surface area contributed by atoms with Crippen LogP contribution in [-0.4, -0.2) is 10.1 Å². The minimum atomic E-state index is -0.423. The molecule has 2 N–H and O–H groups in total. The Balaban J connectivity index is 1.73. The summed E-state index contributed by atoms with van der Waals surface area (Å²) in [5.41, 5.74) is 5.89. The van der Waals surface area contributed by atoms with Crippen molar-refractivity contribution in [3.63, 3.8) is 0 Å². The standard InChI is InChI=1S/C14H23N3O/c1-9-3-5-10(6-4-9)12-16-13(18-17-12)14(2,15)11-7-8-11/h9-11H,3-8,15H2,1-2H3. The lowest BCUT2D eigenvalue weighted by atomic mass is 9.83. The molecule has 0 aromatic carbocycles. The molecule has 0 radical (unpaired) electrons. The van der Waals surface area contributed by atoms with E-state index < -0.39 is 5.54 Å². The van der Waals surface area contributed by atoms with Gasteiger partial charge < -0.3 is 10.3 Å². The van der Waals surface area contributed by atoms with Crippen molar-refractivity contribution in [2.75, 3.05) is 0 Å². The molecule has 2 fully saturated rings.